The number of nitrogens with zero attached hydrogens (tertiary/aromatic N) is 1. The first-order valence-corrected chi connectivity index (χ1v) is 9.02. The van der Waals surface area contributed by atoms with Crippen molar-refractivity contribution in [2.24, 2.45) is 5.41 Å². The predicted octanol–water partition coefficient (Wildman–Crippen LogP) is 2.93. The standard InChI is InChI=1S/C14H17BrFN3OS/c1-14-4-9(17-10(14)5-14)13(20)19-12-7(6-21-2)3-8(16)11(15)18-12/h3,9-10,17H,4-6H2,1-2H3,(H,18,19,20). The van der Waals surface area contributed by atoms with Gasteiger partial charge in [-0.3, -0.25) is 4.79 Å². The van der Waals surface area contributed by atoms with Gasteiger partial charge in [-0.15, -0.1) is 0 Å². The van der Waals surface area contributed by atoms with Crippen LogP contribution in [0.3, 0.4) is 0 Å². The topological polar surface area (TPSA) is 54.0 Å². The predicted molar refractivity (Wildman–Crippen MR) is 85.8 cm³/mol. The van der Waals surface area contributed by atoms with Crippen molar-refractivity contribution in [1.29, 1.82) is 0 Å². The van der Waals surface area contributed by atoms with Gasteiger partial charge in [0.05, 0.1) is 6.04 Å². The minimum Gasteiger partial charge on any atom is -0.309 e. The quantitative estimate of drug-likeness (QED) is 0.796. The van der Waals surface area contributed by atoms with Crippen molar-refractivity contribution in [1.82, 2.24) is 10.3 Å². The van der Waals surface area contributed by atoms with Crippen LogP contribution in [0.1, 0.15) is 25.3 Å². The molecule has 3 unspecified atom stereocenters. The van der Waals surface area contributed by atoms with Crippen molar-refractivity contribution >= 4 is 39.4 Å². The number of carbonyl (C=O) groups excluding carboxylic acids is 1. The van der Waals surface area contributed by atoms with E-state index in [1.54, 1.807) is 11.8 Å². The number of halogens is 2. The van der Waals surface area contributed by atoms with Gasteiger partial charge in [-0.05, 0) is 46.5 Å². The van der Waals surface area contributed by atoms with Crippen LogP contribution in [0.25, 0.3) is 0 Å². The van der Waals surface area contributed by atoms with E-state index >= 15 is 0 Å². The molecule has 21 heavy (non-hydrogen) atoms. The molecule has 2 aliphatic rings. The fourth-order valence-corrected chi connectivity index (χ4v) is 3.73. The first kappa shape index (κ1) is 15.2. The molecule has 1 aromatic heterocycles. The molecule has 114 valence electrons. The fourth-order valence-electron chi connectivity index (χ4n) is 2.91. The molecule has 2 heterocycles. The Balaban J connectivity index is 1.74. The Morgan fingerprint density at radius 2 is 2.43 bits per heavy atom. The lowest BCUT2D eigenvalue weighted by Crippen LogP contribution is -2.38. The van der Waals surface area contributed by atoms with Crippen LogP contribution in [0.4, 0.5) is 10.2 Å². The molecular weight excluding hydrogens is 357 g/mol. The molecule has 2 N–H and O–H groups in total. The van der Waals surface area contributed by atoms with Crippen molar-refractivity contribution in [2.45, 2.75) is 37.6 Å². The maximum atomic E-state index is 13.6. The van der Waals surface area contributed by atoms with Gasteiger partial charge in [0.25, 0.3) is 0 Å². The maximum absolute atomic E-state index is 13.6. The summed E-state index contributed by atoms with van der Waals surface area (Å²) in [6, 6.07) is 1.71. The van der Waals surface area contributed by atoms with Crippen LogP contribution in [0.2, 0.25) is 0 Å². The van der Waals surface area contributed by atoms with Gasteiger partial charge >= 0.3 is 0 Å². The third-order valence-corrected chi connectivity index (χ3v) is 5.45. The Labute approximate surface area is 135 Å². The molecular formula is C14H17BrFN3OS. The number of carbonyl (C=O) groups is 1. The van der Waals surface area contributed by atoms with E-state index in [1.165, 1.54) is 6.07 Å². The third-order valence-electron chi connectivity index (χ3n) is 4.29. The molecule has 1 aromatic rings. The van der Waals surface area contributed by atoms with Crippen molar-refractivity contribution in [3.8, 4) is 0 Å². The highest BCUT2D eigenvalue weighted by Gasteiger charge is 2.58. The average molecular weight is 374 g/mol. The second-order valence-electron chi connectivity index (χ2n) is 6.03. The Morgan fingerprint density at radius 3 is 3.05 bits per heavy atom. The molecule has 0 spiro atoms. The molecule has 4 nitrogen and oxygen atoms in total. The molecule has 1 saturated heterocycles. The van der Waals surface area contributed by atoms with Crippen molar-refractivity contribution in [3.05, 3.63) is 22.1 Å². The van der Waals surface area contributed by atoms with Gasteiger partial charge in [-0.25, -0.2) is 9.37 Å². The third kappa shape index (κ3) is 2.96. The second kappa shape index (κ2) is 5.52. The zero-order valence-electron chi connectivity index (χ0n) is 11.9. The van der Waals surface area contributed by atoms with Gasteiger partial charge in [0.1, 0.15) is 10.4 Å². The Morgan fingerprint density at radius 1 is 1.67 bits per heavy atom. The molecule has 0 bridgehead atoms. The SMILES string of the molecule is CSCc1cc(F)c(Br)nc1NC(=O)C1CC2(C)CC2N1. The van der Waals surface area contributed by atoms with E-state index in [1.807, 2.05) is 6.26 Å². The minimum atomic E-state index is -0.412. The van der Waals surface area contributed by atoms with Crippen LogP contribution in [-0.4, -0.2) is 29.2 Å². The lowest BCUT2D eigenvalue weighted by Gasteiger charge is -2.16. The van der Waals surface area contributed by atoms with Crippen LogP contribution in [0, 0.1) is 11.2 Å². The number of aromatic nitrogens is 1. The molecule has 0 radical (unpaired) electrons. The highest BCUT2D eigenvalue weighted by molar-refractivity contribution is 9.10. The summed E-state index contributed by atoms with van der Waals surface area (Å²) in [7, 11) is 0. The van der Waals surface area contributed by atoms with E-state index in [-0.39, 0.29) is 22.0 Å². The smallest absolute Gasteiger partial charge is 0.242 e. The highest BCUT2D eigenvalue weighted by atomic mass is 79.9. The monoisotopic (exact) mass is 373 g/mol. The molecule has 7 heteroatoms. The van der Waals surface area contributed by atoms with E-state index < -0.39 is 5.82 Å². The summed E-state index contributed by atoms with van der Waals surface area (Å²) in [5, 5.41) is 6.18. The summed E-state index contributed by atoms with van der Waals surface area (Å²) in [6.07, 6.45) is 3.93. The number of amides is 1. The van der Waals surface area contributed by atoms with Crippen LogP contribution in [-0.2, 0) is 10.5 Å². The van der Waals surface area contributed by atoms with Crippen molar-refractivity contribution in [2.75, 3.05) is 11.6 Å². The van der Waals surface area contributed by atoms with Crippen LogP contribution in [0.15, 0.2) is 10.7 Å². The molecule has 2 fully saturated rings. The molecule has 1 aliphatic heterocycles. The molecule has 1 amide bonds. The number of thioether (sulfide) groups is 1. The zero-order valence-corrected chi connectivity index (χ0v) is 14.3. The largest absolute Gasteiger partial charge is 0.309 e. The summed E-state index contributed by atoms with van der Waals surface area (Å²) in [5.41, 5.74) is 0.979. The number of piperidine rings is 1. The van der Waals surface area contributed by atoms with E-state index in [0.717, 1.165) is 12.8 Å². The van der Waals surface area contributed by atoms with Crippen molar-refractivity contribution < 1.29 is 9.18 Å². The summed E-state index contributed by atoms with van der Waals surface area (Å²) in [4.78, 5) is 16.5. The van der Waals surface area contributed by atoms with E-state index in [2.05, 4.69) is 38.5 Å². The van der Waals surface area contributed by atoms with Crippen LogP contribution < -0.4 is 10.6 Å². The molecule has 3 atom stereocenters. The van der Waals surface area contributed by atoms with E-state index in [0.29, 0.717) is 23.2 Å². The number of nitrogens with one attached hydrogen (secondary N) is 2. The number of hydrogen-bond donors (Lipinski definition) is 2. The van der Waals surface area contributed by atoms with Gasteiger partial charge in [-0.1, -0.05) is 6.92 Å². The fraction of sp³-hybridized carbons (Fsp3) is 0.571. The Bertz CT molecular complexity index is 600. The lowest BCUT2D eigenvalue weighted by atomic mass is 10.0. The van der Waals surface area contributed by atoms with Crippen LogP contribution in [0.5, 0.6) is 0 Å². The average Bonchev–Trinajstić information content (AvgIpc) is 2.93. The molecule has 3 rings (SSSR count). The number of fused-ring (bicyclic) bond motifs is 1. The lowest BCUT2D eigenvalue weighted by molar-refractivity contribution is -0.118. The molecule has 1 saturated carbocycles. The van der Waals surface area contributed by atoms with Crippen LogP contribution >= 0.6 is 27.7 Å². The zero-order chi connectivity index (χ0) is 15.2. The molecule has 0 aromatic carbocycles. The van der Waals surface area contributed by atoms with Gasteiger partial charge in [-0.2, -0.15) is 11.8 Å². The first-order chi connectivity index (χ1) is 9.93. The Hall–Kier alpha value is -0.660. The summed E-state index contributed by atoms with van der Waals surface area (Å²) < 4.78 is 13.7. The van der Waals surface area contributed by atoms with Gasteiger partial charge in [0, 0.05) is 17.4 Å². The van der Waals surface area contributed by atoms with E-state index in [4.69, 9.17) is 0 Å². The van der Waals surface area contributed by atoms with E-state index in [9.17, 15) is 9.18 Å². The van der Waals surface area contributed by atoms with Crippen molar-refractivity contribution in [3.63, 3.8) is 0 Å². The summed E-state index contributed by atoms with van der Waals surface area (Å²) in [5.74, 6) is 0.544. The first-order valence-electron chi connectivity index (χ1n) is 6.84. The van der Waals surface area contributed by atoms with Gasteiger partial charge in [0.2, 0.25) is 5.91 Å². The molecule has 1 aliphatic carbocycles. The number of pyridine rings is 1. The van der Waals surface area contributed by atoms with Gasteiger partial charge in [0.15, 0.2) is 5.82 Å². The number of hydrogen-bond acceptors (Lipinski definition) is 4. The summed E-state index contributed by atoms with van der Waals surface area (Å²) in [6.45, 7) is 2.20. The Kier molecular flexibility index (Phi) is 4.00. The summed E-state index contributed by atoms with van der Waals surface area (Å²) >= 11 is 4.63. The maximum Gasteiger partial charge on any atom is 0.242 e. The van der Waals surface area contributed by atoms with Gasteiger partial charge < -0.3 is 10.6 Å². The number of rotatable bonds is 4. The normalized spacial score (nSPS) is 30.1. The second-order valence-corrected chi connectivity index (χ2v) is 7.64. The highest BCUT2D eigenvalue weighted by Crippen LogP contribution is 2.53. The minimum absolute atomic E-state index is 0.0863. The number of anilines is 1.